The van der Waals surface area contributed by atoms with Crippen molar-refractivity contribution >= 4 is 23.4 Å². The maximum atomic E-state index is 12.3. The molecule has 9 nitrogen and oxygen atoms in total. The van der Waals surface area contributed by atoms with Gasteiger partial charge in [-0.2, -0.15) is 4.98 Å². The van der Waals surface area contributed by atoms with Crippen LogP contribution >= 0.6 is 0 Å². The summed E-state index contributed by atoms with van der Waals surface area (Å²) in [5.74, 6) is 1.81. The van der Waals surface area contributed by atoms with Crippen molar-refractivity contribution < 1.29 is 9.53 Å². The molecule has 196 valence electrons. The zero-order valence-electron chi connectivity index (χ0n) is 21.3. The molecule has 4 N–H and O–H groups in total. The first-order valence-corrected chi connectivity index (χ1v) is 13.4. The molecule has 6 rings (SSSR count). The number of nitrogens with two attached hydrogens (primary N) is 1. The predicted octanol–water partition coefficient (Wildman–Crippen LogP) is 3.84. The Morgan fingerprint density at radius 2 is 1.89 bits per heavy atom. The van der Waals surface area contributed by atoms with Crippen LogP contribution in [0.25, 0.3) is 11.1 Å². The van der Waals surface area contributed by atoms with Gasteiger partial charge in [0.05, 0.1) is 5.92 Å². The number of primary amides is 1. The lowest BCUT2D eigenvalue weighted by molar-refractivity contribution is -0.122. The Kier molecular flexibility index (Phi) is 6.92. The van der Waals surface area contributed by atoms with E-state index in [9.17, 15) is 4.79 Å². The molecule has 3 aliphatic rings. The Hall–Kier alpha value is -3.98. The number of amides is 1. The van der Waals surface area contributed by atoms with Gasteiger partial charge in [-0.05, 0) is 74.5 Å². The molecule has 4 atom stereocenters. The number of aromatic nitrogens is 3. The molecule has 3 heterocycles. The second-order valence-corrected chi connectivity index (χ2v) is 10.3. The van der Waals surface area contributed by atoms with Crippen molar-refractivity contribution in [1.29, 1.82) is 0 Å². The predicted molar refractivity (Wildman–Crippen MR) is 147 cm³/mol. The van der Waals surface area contributed by atoms with Gasteiger partial charge in [0.25, 0.3) is 0 Å². The molecule has 0 spiro atoms. The van der Waals surface area contributed by atoms with Crippen molar-refractivity contribution in [2.24, 2.45) is 23.5 Å². The van der Waals surface area contributed by atoms with Gasteiger partial charge in [0, 0.05) is 48.0 Å². The Bertz CT molecular complexity index is 1290. The van der Waals surface area contributed by atoms with Gasteiger partial charge in [-0.1, -0.05) is 18.2 Å². The van der Waals surface area contributed by atoms with E-state index in [0.29, 0.717) is 18.4 Å². The number of nitrogens with zero attached hydrogens (tertiary/aromatic N) is 4. The quantitative estimate of drug-likeness (QED) is 0.351. The van der Waals surface area contributed by atoms with Crippen LogP contribution in [0.4, 0.5) is 17.5 Å². The van der Waals surface area contributed by atoms with Crippen LogP contribution in [0.3, 0.4) is 0 Å². The fraction of sp³-hybridized carbons (Fsp3) is 0.379. The van der Waals surface area contributed by atoms with Crippen molar-refractivity contribution in [3.05, 3.63) is 67.1 Å². The molecule has 0 radical (unpaired) electrons. The lowest BCUT2D eigenvalue weighted by Crippen LogP contribution is -2.41. The van der Waals surface area contributed by atoms with Gasteiger partial charge in [-0.25, -0.2) is 4.98 Å². The van der Waals surface area contributed by atoms with E-state index in [1.54, 1.807) is 18.6 Å². The lowest BCUT2D eigenvalue weighted by Gasteiger charge is -2.28. The van der Waals surface area contributed by atoms with Crippen molar-refractivity contribution in [3.63, 3.8) is 0 Å². The molecule has 1 amide bonds. The van der Waals surface area contributed by atoms with E-state index in [-0.39, 0.29) is 29.7 Å². The average Bonchev–Trinajstić information content (AvgIpc) is 3.69. The summed E-state index contributed by atoms with van der Waals surface area (Å²) in [7, 11) is 0. The number of anilines is 3. The Morgan fingerprint density at radius 1 is 1.08 bits per heavy atom. The fourth-order valence-electron chi connectivity index (χ4n) is 5.91. The van der Waals surface area contributed by atoms with Crippen LogP contribution in [0.5, 0.6) is 5.75 Å². The summed E-state index contributed by atoms with van der Waals surface area (Å²) in [5, 5.41) is 6.85. The van der Waals surface area contributed by atoms with Crippen LogP contribution in [0.1, 0.15) is 19.3 Å². The lowest BCUT2D eigenvalue weighted by atomic mass is 9.88. The molecule has 0 unspecified atom stereocenters. The highest BCUT2D eigenvalue weighted by molar-refractivity contribution is 5.81. The van der Waals surface area contributed by atoms with Crippen LogP contribution in [0, 0.1) is 17.8 Å². The van der Waals surface area contributed by atoms with Crippen LogP contribution in [-0.4, -0.2) is 58.0 Å². The third-order valence-electron chi connectivity index (χ3n) is 7.84. The van der Waals surface area contributed by atoms with Crippen LogP contribution in [0.15, 0.2) is 67.1 Å². The first kappa shape index (κ1) is 24.4. The summed E-state index contributed by atoms with van der Waals surface area (Å²) >= 11 is 0. The SMILES string of the molecule is NC(=O)[C@@H]1[C@H](Nc2nc(Nc3ccc(OCCN4CCCC4)cc3)ncc2-c2cccnc2)[C@H]2C=C[C@@H]1C2. The summed E-state index contributed by atoms with van der Waals surface area (Å²) in [6, 6.07) is 11.6. The van der Waals surface area contributed by atoms with E-state index < -0.39 is 0 Å². The van der Waals surface area contributed by atoms with Crippen LogP contribution < -0.4 is 21.1 Å². The molecule has 1 saturated heterocycles. The largest absolute Gasteiger partial charge is 0.492 e. The molecule has 2 aliphatic carbocycles. The number of allylic oxidation sites excluding steroid dienone is 1. The number of hydrogen-bond acceptors (Lipinski definition) is 8. The maximum Gasteiger partial charge on any atom is 0.229 e. The summed E-state index contributed by atoms with van der Waals surface area (Å²) in [4.78, 5) is 28.4. The van der Waals surface area contributed by atoms with Gasteiger partial charge >= 0.3 is 0 Å². The molecule has 2 bridgehead atoms. The third kappa shape index (κ3) is 5.19. The topological polar surface area (TPSA) is 118 Å². The highest BCUT2D eigenvalue weighted by Gasteiger charge is 2.47. The minimum Gasteiger partial charge on any atom is -0.492 e. The zero-order chi connectivity index (χ0) is 25.9. The Balaban J connectivity index is 1.19. The third-order valence-corrected chi connectivity index (χ3v) is 7.84. The molecular formula is C29H33N7O2. The number of likely N-dealkylation sites (tertiary alicyclic amines) is 1. The number of pyridine rings is 1. The summed E-state index contributed by atoms with van der Waals surface area (Å²) in [6.07, 6.45) is 13.1. The molecule has 9 heteroatoms. The first-order valence-electron chi connectivity index (χ1n) is 13.4. The second kappa shape index (κ2) is 10.8. The molecule has 2 aromatic heterocycles. The highest BCUT2D eigenvalue weighted by Crippen LogP contribution is 2.45. The normalized spacial score (nSPS) is 24.0. The van der Waals surface area contributed by atoms with Gasteiger partial charge in [-0.15, -0.1) is 0 Å². The average molecular weight is 512 g/mol. The van der Waals surface area contributed by atoms with Gasteiger partial charge in [0.15, 0.2) is 0 Å². The standard InChI is InChI=1S/C29H33N7O2/c30-27(37)25-19-5-6-20(16-19)26(25)34-28-24(21-4-3-11-31-17-21)18-32-29(35-28)33-22-7-9-23(10-8-22)38-15-14-36-12-1-2-13-36/h3-11,17-20,25-26H,1-2,12-16H2,(H2,30,37)(H2,32,33,34,35)/t19-,20+,25+,26-/m1/s1. The molecule has 1 saturated carbocycles. The van der Waals surface area contributed by atoms with E-state index in [0.717, 1.165) is 35.5 Å². The Morgan fingerprint density at radius 3 is 2.66 bits per heavy atom. The van der Waals surface area contributed by atoms with Crippen LogP contribution in [-0.2, 0) is 4.79 Å². The number of ether oxygens (including phenoxy) is 1. The van der Waals surface area contributed by atoms with E-state index in [2.05, 4.69) is 37.7 Å². The number of nitrogens with one attached hydrogen (secondary N) is 2. The minimum atomic E-state index is -0.280. The summed E-state index contributed by atoms with van der Waals surface area (Å²) in [5.41, 5.74) is 8.37. The smallest absolute Gasteiger partial charge is 0.229 e. The molecule has 3 aromatic rings. The van der Waals surface area contributed by atoms with Gasteiger partial charge < -0.3 is 21.1 Å². The summed E-state index contributed by atoms with van der Waals surface area (Å²) in [6.45, 7) is 3.99. The fourth-order valence-corrected chi connectivity index (χ4v) is 5.91. The van der Waals surface area contributed by atoms with Gasteiger partial charge in [0.2, 0.25) is 11.9 Å². The van der Waals surface area contributed by atoms with Crippen molar-refractivity contribution in [2.75, 3.05) is 36.9 Å². The van der Waals surface area contributed by atoms with E-state index >= 15 is 0 Å². The maximum absolute atomic E-state index is 12.3. The van der Waals surface area contributed by atoms with Crippen molar-refractivity contribution in [3.8, 4) is 16.9 Å². The molecule has 1 aliphatic heterocycles. The van der Waals surface area contributed by atoms with E-state index in [1.165, 1.54) is 25.9 Å². The number of rotatable bonds is 10. The number of fused-ring (bicyclic) bond motifs is 2. The van der Waals surface area contributed by atoms with Gasteiger partial charge in [0.1, 0.15) is 18.2 Å². The number of carbonyl (C=O) groups excluding carboxylic acids is 1. The van der Waals surface area contributed by atoms with E-state index in [4.69, 9.17) is 15.5 Å². The van der Waals surface area contributed by atoms with Crippen molar-refractivity contribution in [2.45, 2.75) is 25.3 Å². The zero-order valence-corrected chi connectivity index (χ0v) is 21.3. The second-order valence-electron chi connectivity index (χ2n) is 10.3. The number of hydrogen-bond donors (Lipinski definition) is 3. The highest BCUT2D eigenvalue weighted by atomic mass is 16.5. The van der Waals surface area contributed by atoms with E-state index in [1.807, 2.05) is 36.4 Å². The number of carbonyl (C=O) groups is 1. The number of benzene rings is 1. The monoisotopic (exact) mass is 511 g/mol. The molecule has 1 aromatic carbocycles. The summed E-state index contributed by atoms with van der Waals surface area (Å²) < 4.78 is 5.92. The van der Waals surface area contributed by atoms with Crippen molar-refractivity contribution in [1.82, 2.24) is 19.9 Å². The van der Waals surface area contributed by atoms with Crippen LogP contribution in [0.2, 0.25) is 0 Å². The minimum absolute atomic E-state index is 0.113. The molecular weight excluding hydrogens is 478 g/mol. The van der Waals surface area contributed by atoms with Gasteiger partial charge in [-0.3, -0.25) is 14.7 Å². The first-order chi connectivity index (χ1) is 18.6. The Labute approximate surface area is 222 Å². The molecule has 2 fully saturated rings. The molecule has 38 heavy (non-hydrogen) atoms.